The zero-order chi connectivity index (χ0) is 53.8. The molecule has 0 bridgehead atoms. The Morgan fingerprint density at radius 1 is 0.806 bits per heavy atom. The van der Waals surface area contributed by atoms with Gasteiger partial charge in [-0.05, 0) is 90.8 Å². The molecular weight excluding hydrogens is 943 g/mol. The Labute approximate surface area is 417 Å². The number of primary amides is 1. The molecule has 0 aromatic carbocycles. The van der Waals surface area contributed by atoms with Gasteiger partial charge in [0.15, 0.2) is 5.96 Å². The van der Waals surface area contributed by atoms with Crippen LogP contribution >= 0.6 is 0 Å². The van der Waals surface area contributed by atoms with E-state index in [-0.39, 0.29) is 76.2 Å². The van der Waals surface area contributed by atoms with Crippen molar-refractivity contribution in [1.82, 2.24) is 52.1 Å². The second-order valence-corrected chi connectivity index (χ2v) is 17.1. The van der Waals surface area contributed by atoms with Crippen LogP contribution in [0.2, 0.25) is 0 Å². The Bertz CT molecular complexity index is 2000. The number of H-pyrrole nitrogens is 1. The van der Waals surface area contributed by atoms with Crippen LogP contribution in [0.25, 0.3) is 0 Å². The third kappa shape index (κ3) is 21.7. The molecule has 29 nitrogen and oxygen atoms in total. The smallest absolute Gasteiger partial charge is 0.264 e. The molecule has 1 aromatic heterocycles. The monoisotopic (exact) mass is 1020 g/mol. The molecular formula is C43H77N19O10. The minimum Gasteiger partial charge on any atom is -0.389 e. The number of aromatic nitrogens is 2. The molecule has 72 heavy (non-hydrogen) atoms. The van der Waals surface area contributed by atoms with Gasteiger partial charge in [0.2, 0.25) is 47.3 Å². The lowest BCUT2D eigenvalue weighted by Gasteiger charge is -2.30. The van der Waals surface area contributed by atoms with Crippen LogP contribution < -0.4 is 83.1 Å². The minimum absolute atomic E-state index is 0.0565. The van der Waals surface area contributed by atoms with E-state index in [1.165, 1.54) is 30.4 Å². The van der Waals surface area contributed by atoms with E-state index >= 15 is 0 Å². The van der Waals surface area contributed by atoms with Gasteiger partial charge in [-0.1, -0.05) is 12.5 Å². The quantitative estimate of drug-likeness (QED) is 0.0132. The van der Waals surface area contributed by atoms with Crippen molar-refractivity contribution in [3.63, 3.8) is 0 Å². The fraction of sp³-hybridized carbons (Fsp3) is 0.651. The van der Waals surface area contributed by atoms with E-state index in [1.807, 2.05) is 0 Å². The molecule has 0 radical (unpaired) electrons. The molecule has 9 amide bonds. The number of hydrogen-bond donors (Lipinski definition) is 17. The molecule has 2 heterocycles. The van der Waals surface area contributed by atoms with Crippen LogP contribution in [-0.4, -0.2) is 173 Å². The number of rotatable bonds is 34. The number of amides is 9. The third-order valence-corrected chi connectivity index (χ3v) is 11.3. The zero-order valence-electron chi connectivity index (χ0n) is 40.9. The van der Waals surface area contributed by atoms with Crippen molar-refractivity contribution in [1.29, 1.82) is 0 Å². The van der Waals surface area contributed by atoms with Gasteiger partial charge in [-0.2, -0.15) is 0 Å². The number of aliphatic hydroxyl groups is 1. The largest absolute Gasteiger partial charge is 0.389 e. The van der Waals surface area contributed by atoms with Gasteiger partial charge in [0.1, 0.15) is 41.9 Å². The number of hydrogen-bond acceptors (Lipinski definition) is 17. The molecule has 29 heteroatoms. The lowest BCUT2D eigenvalue weighted by molar-refractivity contribution is -0.142. The number of likely N-dealkylation sites (tertiary alicyclic amines) is 1. The first-order chi connectivity index (χ1) is 34.3. The number of aromatic amines is 1. The summed E-state index contributed by atoms with van der Waals surface area (Å²) in [7, 11) is 0. The summed E-state index contributed by atoms with van der Waals surface area (Å²) in [6.07, 6.45) is 5.99. The Balaban J connectivity index is 2.20. The van der Waals surface area contributed by atoms with Gasteiger partial charge in [0, 0.05) is 37.9 Å². The number of nitrogens with one attached hydrogen (secondary N) is 8. The van der Waals surface area contributed by atoms with Crippen LogP contribution in [0, 0.1) is 0 Å². The van der Waals surface area contributed by atoms with Crippen molar-refractivity contribution in [3.8, 4) is 0 Å². The van der Waals surface area contributed by atoms with Crippen LogP contribution in [0.4, 0.5) is 0 Å². The Morgan fingerprint density at radius 3 is 2.08 bits per heavy atom. The highest BCUT2D eigenvalue weighted by molar-refractivity contribution is 6.00. The molecule has 0 spiro atoms. The number of nitrogens with zero attached hydrogens (tertiary/aromatic N) is 3. The Hall–Kier alpha value is -6.79. The average molecular weight is 1020 g/mol. The third-order valence-electron chi connectivity index (χ3n) is 11.3. The molecule has 8 atom stereocenters. The average Bonchev–Trinajstić information content (AvgIpc) is 4.06. The molecule has 1 aliphatic heterocycles. The maximum atomic E-state index is 14.2. The number of nitrogens with two attached hydrogens (primary N) is 8. The van der Waals surface area contributed by atoms with Gasteiger partial charge in [0.25, 0.3) is 5.91 Å². The van der Waals surface area contributed by atoms with Gasteiger partial charge >= 0.3 is 0 Å². The molecule has 25 N–H and O–H groups in total. The molecule has 0 saturated carbocycles. The maximum absolute atomic E-state index is 14.2. The van der Waals surface area contributed by atoms with Crippen LogP contribution in [0.3, 0.4) is 0 Å². The van der Waals surface area contributed by atoms with Crippen molar-refractivity contribution in [2.75, 3.05) is 45.8 Å². The van der Waals surface area contributed by atoms with Gasteiger partial charge in [-0.15, -0.1) is 0 Å². The van der Waals surface area contributed by atoms with E-state index in [9.17, 15) is 48.3 Å². The van der Waals surface area contributed by atoms with E-state index in [0.717, 1.165) is 0 Å². The lowest BCUT2D eigenvalue weighted by atomic mass is 10.1. The van der Waals surface area contributed by atoms with Crippen molar-refractivity contribution in [3.05, 3.63) is 30.0 Å². The number of guanidine groups is 1. The summed E-state index contributed by atoms with van der Waals surface area (Å²) in [4.78, 5) is 132. The number of imidazole rings is 1. The van der Waals surface area contributed by atoms with E-state index in [4.69, 9.17) is 45.9 Å². The highest BCUT2D eigenvalue weighted by Crippen LogP contribution is 2.20. The highest BCUT2D eigenvalue weighted by Gasteiger charge is 2.39. The Kier molecular flexibility index (Phi) is 28.1. The topological polar surface area (TPSA) is 511 Å². The predicted octanol–water partition coefficient (Wildman–Crippen LogP) is -7.70. The summed E-state index contributed by atoms with van der Waals surface area (Å²) in [6, 6.07) is -8.68. The van der Waals surface area contributed by atoms with Crippen LogP contribution in [-0.2, 0) is 49.6 Å². The first kappa shape index (κ1) is 61.3. The second-order valence-electron chi connectivity index (χ2n) is 17.1. The normalized spacial score (nSPS) is 16.3. The first-order valence-electron chi connectivity index (χ1n) is 23.9. The fourth-order valence-electron chi connectivity index (χ4n) is 7.35. The van der Waals surface area contributed by atoms with E-state index in [2.05, 4.69) is 52.2 Å². The zero-order valence-corrected chi connectivity index (χ0v) is 40.9. The maximum Gasteiger partial charge on any atom is 0.264 e. The van der Waals surface area contributed by atoms with E-state index in [1.54, 1.807) is 0 Å². The van der Waals surface area contributed by atoms with E-state index in [0.29, 0.717) is 50.9 Å². The molecule has 1 saturated heterocycles. The van der Waals surface area contributed by atoms with Gasteiger partial charge in [0.05, 0.1) is 25.0 Å². The molecule has 2 rings (SSSR count). The van der Waals surface area contributed by atoms with Gasteiger partial charge in [-0.25, -0.2) is 4.98 Å². The number of carbonyl (C=O) groups is 9. The molecule has 1 aliphatic rings. The number of unbranched alkanes of at least 4 members (excludes halogenated alkanes) is 2. The molecule has 1 fully saturated rings. The summed E-state index contributed by atoms with van der Waals surface area (Å²) < 4.78 is 0. The summed E-state index contributed by atoms with van der Waals surface area (Å²) in [5, 5.41) is 27.9. The van der Waals surface area contributed by atoms with Gasteiger partial charge < -0.3 is 98.1 Å². The van der Waals surface area contributed by atoms with Crippen molar-refractivity contribution in [2.24, 2.45) is 50.9 Å². The number of aliphatic hydroxyl groups excluding tert-OH is 1. The first-order valence-corrected chi connectivity index (χ1v) is 23.9. The fourth-order valence-corrected chi connectivity index (χ4v) is 7.35. The summed E-state index contributed by atoms with van der Waals surface area (Å²) in [5.41, 5.74) is 44.8. The predicted molar refractivity (Wildman–Crippen MR) is 263 cm³/mol. The minimum atomic E-state index is -1.56. The number of aliphatic imine (C=N–C) groups is 1. The summed E-state index contributed by atoms with van der Waals surface area (Å²) >= 11 is 0. The lowest BCUT2D eigenvalue weighted by Crippen LogP contribution is -2.60. The van der Waals surface area contributed by atoms with Crippen molar-refractivity contribution < 1.29 is 48.3 Å². The van der Waals surface area contributed by atoms with Gasteiger partial charge in [-0.3, -0.25) is 48.1 Å². The Morgan fingerprint density at radius 2 is 1.47 bits per heavy atom. The van der Waals surface area contributed by atoms with Crippen LogP contribution in [0.5, 0.6) is 0 Å². The highest BCUT2D eigenvalue weighted by atomic mass is 16.3. The molecule has 404 valence electrons. The summed E-state index contributed by atoms with van der Waals surface area (Å²) in [5.74, 6) is -7.31. The molecule has 1 unspecified atom stereocenters. The second kappa shape index (κ2) is 33.0. The molecule has 1 aromatic rings. The van der Waals surface area contributed by atoms with Crippen LogP contribution in [0.15, 0.2) is 29.3 Å². The van der Waals surface area contributed by atoms with Crippen LogP contribution in [0.1, 0.15) is 83.2 Å². The standard InChI is InChI=1S/C43H77N19O10/c1-24(56-41(71)34(32(63)20-47)61-37(67)26(48)9-2-4-14-44)36(66)54-22-33(64)57-29(11-6-16-46)42(72)62-18-8-13-31(62)40(70)60-30(19-25-21-52-23-55-25)39(69)59-28(10-3-5-15-45)38(68)58-27(35(49)65)12-7-17-53-43(50)51/h12,21,23-24,26,28-32,34,63H,2-11,13-20,22,44-48H2,1H3,(H2,49,65)(H,52,55)(H,54,66)(H,56,71)(H,57,64)(H,58,68)(H,59,69)(H,60,70)(H,61,67)(H4,50,51,53)/b27-12-/t24-,26?,28-,29+,30-,31-,32-,34-/m0/s1. The van der Waals surface area contributed by atoms with E-state index < -0.39 is 115 Å². The van der Waals surface area contributed by atoms with Crippen molar-refractivity contribution >= 4 is 59.1 Å². The molecule has 0 aliphatic carbocycles. The SMILES string of the molecule is C[C@H](NC(=O)[C@@H](NC(=O)C(N)CCCCN)[C@@H](O)CN)C(=O)NCC(=O)N[C@H](CCCN)C(=O)N1CCC[C@H]1C(=O)N[C@@H](Cc1cnc[nH]1)C(=O)N[C@@H](CCCCN)C(=O)N/C(=C\CCN=C(N)N)C(N)=O. The van der Waals surface area contributed by atoms with Crippen molar-refractivity contribution in [2.45, 2.75) is 132 Å². The number of carbonyl (C=O) groups excluding carboxylic acids is 9. The summed E-state index contributed by atoms with van der Waals surface area (Å²) in [6.45, 7) is 1.29.